The van der Waals surface area contributed by atoms with Crippen molar-refractivity contribution in [3.8, 4) is 5.75 Å². The molecule has 1 unspecified atom stereocenters. The number of hydrogen-bond acceptors (Lipinski definition) is 2. The van der Waals surface area contributed by atoms with Gasteiger partial charge in [-0.25, -0.2) is 4.39 Å². The molecule has 0 spiro atoms. The molecule has 0 aliphatic carbocycles. The normalized spacial score (nSPS) is 12.2. The van der Waals surface area contributed by atoms with E-state index in [0.717, 1.165) is 16.9 Å². The highest BCUT2D eigenvalue weighted by molar-refractivity contribution is 5.36. The Morgan fingerprint density at radius 1 is 1.20 bits per heavy atom. The summed E-state index contributed by atoms with van der Waals surface area (Å²) in [6.07, 6.45) is 0.681. The molecule has 0 fully saturated rings. The van der Waals surface area contributed by atoms with Crippen molar-refractivity contribution in [2.24, 2.45) is 0 Å². The zero-order valence-electron chi connectivity index (χ0n) is 12.1. The number of halogens is 1. The van der Waals surface area contributed by atoms with Crippen molar-refractivity contribution in [1.29, 1.82) is 0 Å². The fraction of sp³-hybridized carbons (Fsp3) is 0.294. The van der Waals surface area contributed by atoms with Gasteiger partial charge in [0.05, 0.1) is 7.11 Å². The molecule has 2 rings (SSSR count). The van der Waals surface area contributed by atoms with E-state index in [-0.39, 0.29) is 11.9 Å². The smallest absolute Gasteiger partial charge is 0.128 e. The number of hydrogen-bond donors (Lipinski definition) is 1. The number of ether oxygens (including phenoxy) is 1. The maximum atomic E-state index is 14.1. The van der Waals surface area contributed by atoms with E-state index in [2.05, 4.69) is 5.32 Å². The third-order valence-electron chi connectivity index (χ3n) is 3.50. The third kappa shape index (κ3) is 3.17. The lowest BCUT2D eigenvalue weighted by Crippen LogP contribution is -2.20. The molecule has 0 aliphatic rings. The zero-order valence-corrected chi connectivity index (χ0v) is 12.1. The Morgan fingerprint density at radius 2 is 1.95 bits per heavy atom. The maximum Gasteiger partial charge on any atom is 0.128 e. The van der Waals surface area contributed by atoms with Gasteiger partial charge in [-0.2, -0.15) is 0 Å². The molecule has 106 valence electrons. The fourth-order valence-corrected chi connectivity index (χ4v) is 2.37. The van der Waals surface area contributed by atoms with E-state index < -0.39 is 0 Å². The Kier molecular flexibility index (Phi) is 4.74. The molecule has 2 aromatic carbocycles. The van der Waals surface area contributed by atoms with Gasteiger partial charge in [-0.1, -0.05) is 30.3 Å². The van der Waals surface area contributed by atoms with Gasteiger partial charge >= 0.3 is 0 Å². The molecule has 3 heteroatoms. The molecular formula is C17H20FNO. The molecule has 0 aliphatic heterocycles. The van der Waals surface area contributed by atoms with E-state index in [4.69, 9.17) is 4.74 Å². The summed E-state index contributed by atoms with van der Waals surface area (Å²) in [5.41, 5.74) is 2.68. The van der Waals surface area contributed by atoms with Gasteiger partial charge in [0.1, 0.15) is 11.6 Å². The van der Waals surface area contributed by atoms with Crippen LogP contribution in [0.15, 0.2) is 42.5 Å². The van der Waals surface area contributed by atoms with Crippen LogP contribution in [0.25, 0.3) is 0 Å². The molecule has 0 saturated heterocycles. The molecule has 20 heavy (non-hydrogen) atoms. The Labute approximate surface area is 119 Å². The minimum absolute atomic E-state index is 0.0769. The second kappa shape index (κ2) is 6.53. The summed E-state index contributed by atoms with van der Waals surface area (Å²) in [5, 5.41) is 3.18. The van der Waals surface area contributed by atoms with Crippen molar-refractivity contribution in [3.05, 3.63) is 65.0 Å². The molecule has 1 atom stereocenters. The van der Waals surface area contributed by atoms with Gasteiger partial charge in [-0.05, 0) is 43.7 Å². The standard InChI is InChI=1S/C17H20FNO/c1-12-8-9-14(15(18)10-12)16(19-2)11-13-6-4-5-7-17(13)20-3/h4-10,16,19H,11H2,1-3H3. The first kappa shape index (κ1) is 14.5. The van der Waals surface area contributed by atoms with Crippen molar-refractivity contribution in [2.75, 3.05) is 14.2 Å². The number of para-hydroxylation sites is 1. The van der Waals surface area contributed by atoms with E-state index >= 15 is 0 Å². The fourth-order valence-electron chi connectivity index (χ4n) is 2.37. The number of likely N-dealkylation sites (N-methyl/N-ethyl adjacent to an activating group) is 1. The largest absolute Gasteiger partial charge is 0.496 e. The highest BCUT2D eigenvalue weighted by Crippen LogP contribution is 2.26. The maximum absolute atomic E-state index is 14.1. The van der Waals surface area contributed by atoms with Crippen LogP contribution in [0.3, 0.4) is 0 Å². The van der Waals surface area contributed by atoms with Crippen molar-refractivity contribution < 1.29 is 9.13 Å². The van der Waals surface area contributed by atoms with Gasteiger partial charge in [0, 0.05) is 11.6 Å². The van der Waals surface area contributed by atoms with Crippen LogP contribution in [-0.4, -0.2) is 14.2 Å². The highest BCUT2D eigenvalue weighted by Gasteiger charge is 2.16. The van der Waals surface area contributed by atoms with E-state index in [1.807, 2.05) is 50.4 Å². The minimum Gasteiger partial charge on any atom is -0.496 e. The minimum atomic E-state index is -0.167. The topological polar surface area (TPSA) is 21.3 Å². The molecule has 1 N–H and O–H groups in total. The Hall–Kier alpha value is -1.87. The van der Waals surface area contributed by atoms with Crippen molar-refractivity contribution in [2.45, 2.75) is 19.4 Å². The number of nitrogens with one attached hydrogen (secondary N) is 1. The first-order valence-corrected chi connectivity index (χ1v) is 6.71. The predicted octanol–water partition coefficient (Wildman–Crippen LogP) is 3.65. The lowest BCUT2D eigenvalue weighted by Gasteiger charge is -2.19. The molecular weight excluding hydrogens is 253 g/mol. The number of benzene rings is 2. The van der Waals surface area contributed by atoms with E-state index in [1.54, 1.807) is 13.2 Å². The molecule has 0 aromatic heterocycles. The van der Waals surface area contributed by atoms with Gasteiger partial charge in [0.15, 0.2) is 0 Å². The number of methoxy groups -OCH3 is 1. The van der Waals surface area contributed by atoms with Crippen molar-refractivity contribution in [3.63, 3.8) is 0 Å². The van der Waals surface area contributed by atoms with Crippen LogP contribution in [0.5, 0.6) is 5.75 Å². The first-order valence-electron chi connectivity index (χ1n) is 6.71. The first-order chi connectivity index (χ1) is 9.65. The van der Waals surface area contributed by atoms with Gasteiger partial charge < -0.3 is 10.1 Å². The summed E-state index contributed by atoms with van der Waals surface area (Å²) >= 11 is 0. The zero-order chi connectivity index (χ0) is 14.5. The number of rotatable bonds is 5. The predicted molar refractivity (Wildman–Crippen MR) is 79.6 cm³/mol. The molecule has 0 heterocycles. The Balaban J connectivity index is 2.29. The van der Waals surface area contributed by atoms with Crippen LogP contribution in [0, 0.1) is 12.7 Å². The third-order valence-corrected chi connectivity index (χ3v) is 3.50. The highest BCUT2D eigenvalue weighted by atomic mass is 19.1. The second-order valence-corrected chi connectivity index (χ2v) is 4.88. The van der Waals surface area contributed by atoms with Crippen LogP contribution < -0.4 is 10.1 Å². The molecule has 0 amide bonds. The van der Waals surface area contributed by atoms with Crippen LogP contribution >= 0.6 is 0 Å². The Morgan fingerprint density at radius 3 is 2.60 bits per heavy atom. The summed E-state index contributed by atoms with van der Waals surface area (Å²) in [5.74, 6) is 0.666. The SMILES string of the molecule is CNC(Cc1ccccc1OC)c1ccc(C)cc1F. The van der Waals surface area contributed by atoms with E-state index in [1.165, 1.54) is 0 Å². The van der Waals surface area contributed by atoms with Gasteiger partial charge in [-0.3, -0.25) is 0 Å². The molecule has 2 aromatic rings. The quantitative estimate of drug-likeness (QED) is 0.898. The van der Waals surface area contributed by atoms with Crippen LogP contribution in [-0.2, 0) is 6.42 Å². The van der Waals surface area contributed by atoms with Crippen LogP contribution in [0.4, 0.5) is 4.39 Å². The van der Waals surface area contributed by atoms with Crippen LogP contribution in [0.2, 0.25) is 0 Å². The lowest BCUT2D eigenvalue weighted by atomic mass is 9.97. The second-order valence-electron chi connectivity index (χ2n) is 4.88. The van der Waals surface area contributed by atoms with E-state index in [9.17, 15) is 4.39 Å². The molecule has 0 bridgehead atoms. The average Bonchev–Trinajstić information content (AvgIpc) is 2.46. The lowest BCUT2D eigenvalue weighted by molar-refractivity contribution is 0.406. The summed E-state index contributed by atoms with van der Waals surface area (Å²) in [6, 6.07) is 13.1. The van der Waals surface area contributed by atoms with E-state index in [0.29, 0.717) is 12.0 Å². The average molecular weight is 273 g/mol. The molecule has 2 nitrogen and oxygen atoms in total. The summed E-state index contributed by atoms with van der Waals surface area (Å²) in [7, 11) is 3.50. The van der Waals surface area contributed by atoms with Gasteiger partial charge in [0.2, 0.25) is 0 Å². The summed E-state index contributed by atoms with van der Waals surface area (Å²) in [6.45, 7) is 1.89. The molecule has 0 radical (unpaired) electrons. The van der Waals surface area contributed by atoms with Gasteiger partial charge in [-0.15, -0.1) is 0 Å². The monoisotopic (exact) mass is 273 g/mol. The van der Waals surface area contributed by atoms with Crippen molar-refractivity contribution in [1.82, 2.24) is 5.32 Å². The number of aryl methyl sites for hydroxylation is 1. The molecule has 0 saturated carbocycles. The summed E-state index contributed by atoms with van der Waals surface area (Å²) in [4.78, 5) is 0. The van der Waals surface area contributed by atoms with Crippen molar-refractivity contribution >= 4 is 0 Å². The van der Waals surface area contributed by atoms with Gasteiger partial charge in [0.25, 0.3) is 0 Å². The Bertz CT molecular complexity index is 583. The summed E-state index contributed by atoms with van der Waals surface area (Å²) < 4.78 is 19.5. The van der Waals surface area contributed by atoms with Crippen LogP contribution in [0.1, 0.15) is 22.7 Å².